The predicted octanol–water partition coefficient (Wildman–Crippen LogP) is 1.57. The van der Waals surface area contributed by atoms with Gasteiger partial charge in [-0.05, 0) is 24.8 Å². The first kappa shape index (κ1) is 18.9. The Labute approximate surface area is 160 Å². The topological polar surface area (TPSA) is 123 Å². The molecule has 0 spiro atoms. The monoisotopic (exact) mass is 415 g/mol. The summed E-state index contributed by atoms with van der Waals surface area (Å²) in [6, 6.07) is 2.20. The van der Waals surface area contributed by atoms with Crippen molar-refractivity contribution in [2.75, 3.05) is 42.3 Å². The Morgan fingerprint density at radius 3 is 2.70 bits per heavy atom. The third-order valence-electron chi connectivity index (χ3n) is 5.60. The highest BCUT2D eigenvalue weighted by molar-refractivity contribution is 8.24. The van der Waals surface area contributed by atoms with Gasteiger partial charge in [0.2, 0.25) is 10.0 Å². The van der Waals surface area contributed by atoms with Gasteiger partial charge in [0.15, 0.2) is 0 Å². The smallest absolute Gasteiger partial charge is 0.214 e. The van der Waals surface area contributed by atoms with Crippen LogP contribution in [0, 0.1) is 5.92 Å². The highest BCUT2D eigenvalue weighted by atomic mass is 32.3. The van der Waals surface area contributed by atoms with E-state index in [4.69, 9.17) is 0 Å². The van der Waals surface area contributed by atoms with Crippen molar-refractivity contribution >= 4 is 37.5 Å². The van der Waals surface area contributed by atoms with Crippen LogP contribution in [-0.2, 0) is 10.0 Å². The average molecular weight is 416 g/mol. The predicted molar refractivity (Wildman–Crippen MR) is 107 cm³/mol. The largest absolute Gasteiger partial charge is 0.356 e. The van der Waals surface area contributed by atoms with E-state index in [9.17, 15) is 17.5 Å². The molecular weight excluding hydrogens is 390 g/mol. The summed E-state index contributed by atoms with van der Waals surface area (Å²) in [5.74, 6) is 1.38. The standard InChI is InChI=1S/C16H25N5O4S2/c1-20(16-14-2-3-17-15(14)18-11-19-16)13-8-12(9-13)10-27(24,25)21-4-6-26(22,23)7-5-21/h2-3,11-13,22-23H,4-10H2,1H3,(H,17,18,19). The number of aromatic amines is 1. The molecule has 2 fully saturated rings. The molecule has 3 N–H and O–H groups in total. The fourth-order valence-corrected chi connectivity index (χ4v) is 7.14. The van der Waals surface area contributed by atoms with Crippen LogP contribution >= 0.6 is 10.6 Å². The lowest BCUT2D eigenvalue weighted by Gasteiger charge is -2.43. The van der Waals surface area contributed by atoms with Crippen molar-refractivity contribution in [3.8, 4) is 0 Å². The van der Waals surface area contributed by atoms with E-state index in [0.29, 0.717) is 0 Å². The van der Waals surface area contributed by atoms with Crippen molar-refractivity contribution in [3.63, 3.8) is 0 Å². The molecule has 0 amide bonds. The van der Waals surface area contributed by atoms with Crippen molar-refractivity contribution in [2.45, 2.75) is 18.9 Å². The van der Waals surface area contributed by atoms with Gasteiger partial charge in [-0.3, -0.25) is 9.11 Å². The number of hydrogen-bond acceptors (Lipinski definition) is 7. The molecule has 0 atom stereocenters. The summed E-state index contributed by atoms with van der Waals surface area (Å²) in [6.45, 7) is 0.403. The summed E-state index contributed by atoms with van der Waals surface area (Å²) in [4.78, 5) is 13.8. The summed E-state index contributed by atoms with van der Waals surface area (Å²) in [5, 5.41) is 0.961. The third kappa shape index (κ3) is 3.79. The number of nitrogens with zero attached hydrogens (tertiary/aromatic N) is 4. The molecule has 27 heavy (non-hydrogen) atoms. The number of nitrogens with one attached hydrogen (secondary N) is 1. The molecule has 9 nitrogen and oxygen atoms in total. The van der Waals surface area contributed by atoms with Gasteiger partial charge in [0.1, 0.15) is 17.8 Å². The van der Waals surface area contributed by atoms with Crippen LogP contribution in [-0.4, -0.2) is 80.2 Å². The Morgan fingerprint density at radius 2 is 2.00 bits per heavy atom. The Hall–Kier alpha value is -1.40. The van der Waals surface area contributed by atoms with E-state index in [-0.39, 0.29) is 42.3 Å². The second-order valence-electron chi connectivity index (χ2n) is 7.43. The van der Waals surface area contributed by atoms with E-state index in [2.05, 4.69) is 19.9 Å². The molecule has 1 aliphatic carbocycles. The Balaban J connectivity index is 1.35. The molecule has 1 saturated carbocycles. The van der Waals surface area contributed by atoms with Crippen LogP contribution in [0.25, 0.3) is 11.0 Å². The van der Waals surface area contributed by atoms with Gasteiger partial charge in [-0.15, -0.1) is 0 Å². The second kappa shape index (κ2) is 6.89. The van der Waals surface area contributed by atoms with Crippen LogP contribution in [0.3, 0.4) is 0 Å². The lowest BCUT2D eigenvalue weighted by molar-refractivity contribution is 0.277. The minimum atomic E-state index is -3.36. The van der Waals surface area contributed by atoms with Gasteiger partial charge in [0.05, 0.1) is 22.6 Å². The van der Waals surface area contributed by atoms with Crippen LogP contribution in [0.5, 0.6) is 0 Å². The minimum absolute atomic E-state index is 0.119. The molecule has 0 unspecified atom stereocenters. The Bertz CT molecular complexity index is 916. The van der Waals surface area contributed by atoms with Gasteiger partial charge in [0, 0.05) is 32.4 Å². The van der Waals surface area contributed by atoms with E-state index >= 15 is 0 Å². The van der Waals surface area contributed by atoms with E-state index in [1.807, 2.05) is 19.3 Å². The van der Waals surface area contributed by atoms with Crippen LogP contribution in [0.15, 0.2) is 18.6 Å². The number of fused-ring (bicyclic) bond motifs is 1. The molecule has 1 aliphatic heterocycles. The zero-order chi connectivity index (χ0) is 19.2. The lowest BCUT2D eigenvalue weighted by atomic mass is 9.81. The van der Waals surface area contributed by atoms with Crippen molar-refractivity contribution in [1.29, 1.82) is 0 Å². The van der Waals surface area contributed by atoms with E-state index < -0.39 is 20.6 Å². The number of sulfonamides is 1. The fraction of sp³-hybridized carbons (Fsp3) is 0.625. The molecule has 1 saturated heterocycles. The van der Waals surface area contributed by atoms with E-state index in [1.165, 1.54) is 10.6 Å². The van der Waals surface area contributed by atoms with Gasteiger partial charge in [-0.2, -0.15) is 14.9 Å². The number of H-pyrrole nitrogens is 1. The zero-order valence-electron chi connectivity index (χ0n) is 15.2. The maximum atomic E-state index is 12.6. The molecular formula is C16H25N5O4S2. The Morgan fingerprint density at radius 1 is 1.30 bits per heavy atom. The van der Waals surface area contributed by atoms with Gasteiger partial charge >= 0.3 is 0 Å². The van der Waals surface area contributed by atoms with E-state index in [0.717, 1.165) is 29.7 Å². The highest BCUT2D eigenvalue weighted by Crippen LogP contribution is 2.41. The highest BCUT2D eigenvalue weighted by Gasteiger charge is 2.39. The molecule has 11 heteroatoms. The summed E-state index contributed by atoms with van der Waals surface area (Å²) in [7, 11) is -3.96. The second-order valence-corrected chi connectivity index (χ2v) is 11.9. The quantitative estimate of drug-likeness (QED) is 0.677. The molecule has 0 radical (unpaired) electrons. The summed E-state index contributed by atoms with van der Waals surface area (Å²) < 4.78 is 46.0. The Kier molecular flexibility index (Phi) is 4.83. The molecule has 0 aromatic carbocycles. The summed E-state index contributed by atoms with van der Waals surface area (Å²) in [5.41, 5.74) is 0.793. The molecule has 2 aromatic rings. The van der Waals surface area contributed by atoms with Gasteiger partial charge in [-0.25, -0.2) is 18.4 Å². The third-order valence-corrected chi connectivity index (χ3v) is 9.32. The maximum absolute atomic E-state index is 12.6. The van der Waals surface area contributed by atoms with Gasteiger partial charge < -0.3 is 9.88 Å². The van der Waals surface area contributed by atoms with Crippen molar-refractivity contribution < 1.29 is 17.5 Å². The SMILES string of the molecule is CN(c1ncnc2[nH]ccc12)C1CC(CS(=O)(=O)N2CCS(O)(O)CC2)C1. The first-order chi connectivity index (χ1) is 12.8. The normalized spacial score (nSPS) is 27.2. The number of hydrogen-bond donors (Lipinski definition) is 3. The first-order valence-electron chi connectivity index (χ1n) is 8.97. The van der Waals surface area contributed by atoms with E-state index in [1.54, 1.807) is 0 Å². The van der Waals surface area contributed by atoms with Gasteiger partial charge in [0.25, 0.3) is 0 Å². The van der Waals surface area contributed by atoms with Crippen LogP contribution in [0.1, 0.15) is 12.8 Å². The van der Waals surface area contributed by atoms with Crippen molar-refractivity contribution in [2.24, 2.45) is 5.92 Å². The molecule has 150 valence electrons. The molecule has 3 heterocycles. The zero-order valence-corrected chi connectivity index (χ0v) is 16.8. The van der Waals surface area contributed by atoms with Crippen molar-refractivity contribution in [1.82, 2.24) is 19.3 Å². The number of anilines is 1. The summed E-state index contributed by atoms with van der Waals surface area (Å²) >= 11 is 0. The molecule has 0 bridgehead atoms. The van der Waals surface area contributed by atoms with Crippen LogP contribution < -0.4 is 4.90 Å². The van der Waals surface area contributed by atoms with Gasteiger partial charge in [-0.1, -0.05) is 0 Å². The van der Waals surface area contributed by atoms with Crippen LogP contribution in [0.2, 0.25) is 0 Å². The molecule has 4 rings (SSSR count). The lowest BCUT2D eigenvalue weighted by Crippen LogP contribution is -2.49. The molecule has 2 aromatic heterocycles. The number of aromatic nitrogens is 3. The van der Waals surface area contributed by atoms with Crippen LogP contribution in [0.4, 0.5) is 5.82 Å². The minimum Gasteiger partial charge on any atom is -0.356 e. The molecule has 2 aliphatic rings. The van der Waals surface area contributed by atoms with Crippen molar-refractivity contribution in [3.05, 3.63) is 18.6 Å². The average Bonchev–Trinajstić information content (AvgIpc) is 3.05. The fourth-order valence-electron chi connectivity index (χ4n) is 3.86. The summed E-state index contributed by atoms with van der Waals surface area (Å²) in [6.07, 6.45) is 4.97. The first-order valence-corrected chi connectivity index (χ1v) is 12.5. The maximum Gasteiger partial charge on any atom is 0.214 e. The number of rotatable bonds is 5.